The van der Waals surface area contributed by atoms with Gasteiger partial charge in [-0.15, -0.1) is 0 Å². The molecule has 1 heterocycles. The molecule has 0 N–H and O–H groups in total. The third-order valence-electron chi connectivity index (χ3n) is 2.73. The van der Waals surface area contributed by atoms with Crippen LogP contribution in [0.15, 0.2) is 53.1 Å². The number of hydrogen-bond donors (Lipinski definition) is 0. The summed E-state index contributed by atoms with van der Waals surface area (Å²) in [6.07, 6.45) is 2.31. The van der Waals surface area contributed by atoms with E-state index in [-0.39, 0.29) is 12.1 Å². The summed E-state index contributed by atoms with van der Waals surface area (Å²) in [5.74, 6) is 0.599. The summed E-state index contributed by atoms with van der Waals surface area (Å²) in [6.45, 7) is 1.88. The van der Waals surface area contributed by atoms with Crippen LogP contribution in [0, 0.1) is 0 Å². The molecule has 0 radical (unpaired) electrons. The second-order valence-electron chi connectivity index (χ2n) is 4.12. The number of ether oxygens (including phenoxy) is 1. The van der Waals surface area contributed by atoms with Gasteiger partial charge in [0.05, 0.1) is 12.7 Å². The molecule has 1 atom stereocenters. The molecule has 1 aromatic heterocycles. The SMILES string of the molecule is CC(OC(=O)CCc1ccco1)c1ccccc1. The van der Waals surface area contributed by atoms with Crippen LogP contribution in [0.3, 0.4) is 0 Å². The molecule has 0 saturated heterocycles. The van der Waals surface area contributed by atoms with Crippen LogP contribution in [-0.2, 0) is 16.0 Å². The van der Waals surface area contributed by atoms with Gasteiger partial charge in [-0.2, -0.15) is 0 Å². The summed E-state index contributed by atoms with van der Waals surface area (Å²) < 4.78 is 10.5. The molecule has 0 fully saturated rings. The normalized spacial score (nSPS) is 12.1. The van der Waals surface area contributed by atoms with Gasteiger partial charge in [0.1, 0.15) is 11.9 Å². The first kappa shape index (κ1) is 12.4. The van der Waals surface area contributed by atoms with Crippen molar-refractivity contribution in [2.24, 2.45) is 0 Å². The highest BCUT2D eigenvalue weighted by molar-refractivity contribution is 5.69. The Morgan fingerprint density at radius 3 is 2.67 bits per heavy atom. The van der Waals surface area contributed by atoms with Crippen LogP contribution in [0.5, 0.6) is 0 Å². The maximum Gasteiger partial charge on any atom is 0.306 e. The van der Waals surface area contributed by atoms with Gasteiger partial charge in [0.2, 0.25) is 0 Å². The zero-order valence-electron chi connectivity index (χ0n) is 10.3. The number of furan rings is 1. The summed E-state index contributed by atoms with van der Waals surface area (Å²) in [7, 11) is 0. The molecule has 3 nitrogen and oxygen atoms in total. The van der Waals surface area contributed by atoms with Crippen molar-refractivity contribution >= 4 is 5.97 Å². The first-order chi connectivity index (χ1) is 8.75. The van der Waals surface area contributed by atoms with E-state index in [1.54, 1.807) is 6.26 Å². The van der Waals surface area contributed by atoms with Crippen LogP contribution in [0.4, 0.5) is 0 Å². The second-order valence-corrected chi connectivity index (χ2v) is 4.12. The van der Waals surface area contributed by atoms with Gasteiger partial charge in [0.25, 0.3) is 0 Å². The van der Waals surface area contributed by atoms with E-state index >= 15 is 0 Å². The fourth-order valence-electron chi connectivity index (χ4n) is 1.73. The van der Waals surface area contributed by atoms with E-state index in [4.69, 9.17) is 9.15 Å². The average molecular weight is 244 g/mol. The highest BCUT2D eigenvalue weighted by atomic mass is 16.5. The first-order valence-electron chi connectivity index (χ1n) is 6.02. The number of benzene rings is 1. The van der Waals surface area contributed by atoms with E-state index in [1.807, 2.05) is 49.4 Å². The van der Waals surface area contributed by atoms with Crippen LogP contribution in [0.2, 0.25) is 0 Å². The van der Waals surface area contributed by atoms with Crippen molar-refractivity contribution in [1.29, 1.82) is 0 Å². The van der Waals surface area contributed by atoms with Gasteiger partial charge >= 0.3 is 5.97 Å². The topological polar surface area (TPSA) is 39.4 Å². The van der Waals surface area contributed by atoms with Gasteiger partial charge in [-0.05, 0) is 24.6 Å². The third-order valence-corrected chi connectivity index (χ3v) is 2.73. The summed E-state index contributed by atoms with van der Waals surface area (Å²) in [5.41, 5.74) is 1.00. The average Bonchev–Trinajstić information content (AvgIpc) is 2.90. The third kappa shape index (κ3) is 3.48. The molecule has 0 spiro atoms. The van der Waals surface area contributed by atoms with E-state index in [0.29, 0.717) is 12.8 Å². The number of esters is 1. The van der Waals surface area contributed by atoms with Gasteiger partial charge in [0.15, 0.2) is 0 Å². The quantitative estimate of drug-likeness (QED) is 0.755. The lowest BCUT2D eigenvalue weighted by Crippen LogP contribution is -2.09. The monoisotopic (exact) mass is 244 g/mol. The van der Waals surface area contributed by atoms with Crippen molar-refractivity contribution in [3.05, 3.63) is 60.1 Å². The van der Waals surface area contributed by atoms with Crippen molar-refractivity contribution in [2.45, 2.75) is 25.9 Å². The predicted octanol–water partition coefficient (Wildman–Crippen LogP) is 3.52. The number of carbonyl (C=O) groups excluding carboxylic acids is 1. The van der Waals surface area contributed by atoms with E-state index in [0.717, 1.165) is 11.3 Å². The molecule has 94 valence electrons. The Hall–Kier alpha value is -2.03. The molecule has 18 heavy (non-hydrogen) atoms. The Morgan fingerprint density at radius 1 is 1.22 bits per heavy atom. The summed E-state index contributed by atoms with van der Waals surface area (Å²) in [4.78, 5) is 11.7. The lowest BCUT2D eigenvalue weighted by atomic mass is 10.1. The Labute approximate surface area is 106 Å². The van der Waals surface area contributed by atoms with E-state index in [9.17, 15) is 4.79 Å². The summed E-state index contributed by atoms with van der Waals surface area (Å²) in [5, 5.41) is 0. The second kappa shape index (κ2) is 6.05. The van der Waals surface area contributed by atoms with Crippen LogP contribution in [0.1, 0.15) is 30.8 Å². The van der Waals surface area contributed by atoms with Gasteiger partial charge in [-0.25, -0.2) is 0 Å². The minimum atomic E-state index is -0.213. The Bertz CT molecular complexity index is 474. The Morgan fingerprint density at radius 2 is 2.00 bits per heavy atom. The van der Waals surface area contributed by atoms with Gasteiger partial charge < -0.3 is 9.15 Å². The molecular weight excluding hydrogens is 228 g/mol. The van der Waals surface area contributed by atoms with E-state index < -0.39 is 0 Å². The largest absolute Gasteiger partial charge is 0.469 e. The molecule has 2 aromatic rings. The van der Waals surface area contributed by atoms with Gasteiger partial charge in [-0.3, -0.25) is 4.79 Å². The van der Waals surface area contributed by atoms with E-state index in [2.05, 4.69) is 0 Å². The lowest BCUT2D eigenvalue weighted by Gasteiger charge is -2.13. The lowest BCUT2D eigenvalue weighted by molar-refractivity contribution is -0.148. The van der Waals surface area contributed by atoms with Gasteiger partial charge in [0, 0.05) is 6.42 Å². The van der Waals surface area contributed by atoms with Crippen molar-refractivity contribution < 1.29 is 13.9 Å². The van der Waals surface area contributed by atoms with Crippen molar-refractivity contribution in [3.8, 4) is 0 Å². The summed E-state index contributed by atoms with van der Waals surface area (Å²) in [6, 6.07) is 13.4. The number of aryl methyl sites for hydroxylation is 1. The molecule has 1 unspecified atom stereocenters. The van der Waals surface area contributed by atoms with Gasteiger partial charge in [-0.1, -0.05) is 30.3 Å². The van der Waals surface area contributed by atoms with Crippen LogP contribution < -0.4 is 0 Å². The number of carbonyl (C=O) groups is 1. The minimum absolute atomic E-state index is 0.206. The summed E-state index contributed by atoms with van der Waals surface area (Å²) >= 11 is 0. The Kier molecular flexibility index (Phi) is 4.18. The Balaban J connectivity index is 1.80. The molecule has 0 aliphatic carbocycles. The molecular formula is C15H16O3. The maximum atomic E-state index is 11.7. The number of hydrogen-bond acceptors (Lipinski definition) is 3. The number of rotatable bonds is 5. The molecule has 3 heteroatoms. The molecule has 0 saturated carbocycles. The zero-order chi connectivity index (χ0) is 12.8. The molecule has 0 aliphatic rings. The highest BCUT2D eigenvalue weighted by Crippen LogP contribution is 2.17. The minimum Gasteiger partial charge on any atom is -0.469 e. The molecule has 0 amide bonds. The maximum absolute atomic E-state index is 11.7. The first-order valence-corrected chi connectivity index (χ1v) is 6.02. The fourth-order valence-corrected chi connectivity index (χ4v) is 1.73. The molecule has 0 bridgehead atoms. The standard InChI is InChI=1S/C15H16O3/c1-12(13-6-3-2-4-7-13)18-15(16)10-9-14-8-5-11-17-14/h2-8,11-12H,9-10H2,1H3. The molecule has 2 rings (SSSR count). The molecule has 0 aliphatic heterocycles. The van der Waals surface area contributed by atoms with Crippen LogP contribution >= 0.6 is 0 Å². The molecule has 1 aromatic carbocycles. The smallest absolute Gasteiger partial charge is 0.306 e. The fraction of sp³-hybridized carbons (Fsp3) is 0.267. The predicted molar refractivity (Wildman–Crippen MR) is 68.0 cm³/mol. The van der Waals surface area contributed by atoms with Crippen molar-refractivity contribution in [3.63, 3.8) is 0 Å². The van der Waals surface area contributed by atoms with Crippen molar-refractivity contribution in [1.82, 2.24) is 0 Å². The van der Waals surface area contributed by atoms with Crippen LogP contribution in [-0.4, -0.2) is 5.97 Å². The van der Waals surface area contributed by atoms with Crippen molar-refractivity contribution in [2.75, 3.05) is 0 Å². The highest BCUT2D eigenvalue weighted by Gasteiger charge is 2.11. The van der Waals surface area contributed by atoms with E-state index in [1.165, 1.54) is 0 Å². The zero-order valence-corrected chi connectivity index (χ0v) is 10.3. The van der Waals surface area contributed by atoms with Crippen LogP contribution in [0.25, 0.3) is 0 Å².